The predicted molar refractivity (Wildman–Crippen MR) is 64.8 cm³/mol. The highest BCUT2D eigenvalue weighted by molar-refractivity contribution is 7.13. The van der Waals surface area contributed by atoms with Gasteiger partial charge in [-0.25, -0.2) is 0 Å². The van der Waals surface area contributed by atoms with Crippen LogP contribution in [0.25, 0.3) is 22.4 Å². The zero-order valence-electron chi connectivity index (χ0n) is 10.0. The number of halogens is 3. The molecule has 20 heavy (non-hydrogen) atoms. The molecule has 5 nitrogen and oxygen atoms in total. The van der Waals surface area contributed by atoms with Crippen LogP contribution < -0.4 is 0 Å². The van der Waals surface area contributed by atoms with Crippen LogP contribution in [-0.4, -0.2) is 20.0 Å². The summed E-state index contributed by atoms with van der Waals surface area (Å²) in [6.07, 6.45) is -4.48. The summed E-state index contributed by atoms with van der Waals surface area (Å²) < 4.78 is 44.1. The van der Waals surface area contributed by atoms with Crippen molar-refractivity contribution in [3.8, 4) is 22.4 Å². The fourth-order valence-electron chi connectivity index (χ4n) is 1.66. The molecule has 3 heterocycles. The van der Waals surface area contributed by atoms with Crippen LogP contribution in [0.15, 0.2) is 28.0 Å². The molecule has 3 aromatic heterocycles. The molecule has 0 saturated heterocycles. The molecule has 0 aliphatic carbocycles. The van der Waals surface area contributed by atoms with Gasteiger partial charge in [-0.05, 0) is 11.4 Å². The molecule has 104 valence electrons. The quantitative estimate of drug-likeness (QED) is 0.729. The molecular weight excluding hydrogens is 293 g/mol. The average molecular weight is 300 g/mol. The first-order chi connectivity index (χ1) is 9.45. The summed E-state index contributed by atoms with van der Waals surface area (Å²) in [4.78, 5) is 0.746. The molecule has 3 rings (SSSR count). The number of aryl methyl sites for hydroxylation is 1. The van der Waals surface area contributed by atoms with Gasteiger partial charge in [0.2, 0.25) is 0 Å². The van der Waals surface area contributed by atoms with E-state index in [9.17, 15) is 13.2 Å². The number of thiophene rings is 1. The van der Waals surface area contributed by atoms with Crippen LogP contribution in [0.4, 0.5) is 13.2 Å². The van der Waals surface area contributed by atoms with Gasteiger partial charge < -0.3 is 4.42 Å². The maximum absolute atomic E-state index is 12.7. The Hall–Kier alpha value is -2.16. The minimum absolute atomic E-state index is 0.00451. The summed E-state index contributed by atoms with van der Waals surface area (Å²) in [5, 5.41) is 13.1. The SMILES string of the molecule is Cn1nc(-c2nnc(-c3cccs3)o2)cc1C(F)(F)F. The standard InChI is InChI=1S/C11H7F3N4OS/c1-18-8(11(12,13)14)5-6(17-18)9-15-16-10(19-9)7-3-2-4-20-7/h2-5H,1H3. The Morgan fingerprint density at radius 3 is 2.60 bits per heavy atom. The van der Waals surface area contributed by atoms with E-state index in [2.05, 4.69) is 15.3 Å². The van der Waals surface area contributed by atoms with Crippen LogP contribution >= 0.6 is 11.3 Å². The molecular formula is C11H7F3N4OS. The van der Waals surface area contributed by atoms with Gasteiger partial charge >= 0.3 is 6.18 Å². The number of hydrogen-bond donors (Lipinski definition) is 0. The van der Waals surface area contributed by atoms with E-state index in [1.165, 1.54) is 18.4 Å². The van der Waals surface area contributed by atoms with E-state index in [1.807, 2.05) is 11.4 Å². The zero-order valence-corrected chi connectivity index (χ0v) is 10.9. The second-order valence-corrected chi connectivity index (χ2v) is 4.87. The van der Waals surface area contributed by atoms with Crippen LogP contribution in [0.3, 0.4) is 0 Å². The summed E-state index contributed by atoms with van der Waals surface area (Å²) in [6, 6.07) is 4.47. The van der Waals surface area contributed by atoms with Gasteiger partial charge in [-0.1, -0.05) is 6.07 Å². The smallest absolute Gasteiger partial charge is 0.414 e. The Kier molecular flexibility index (Phi) is 2.85. The highest BCUT2D eigenvalue weighted by Gasteiger charge is 2.35. The predicted octanol–water partition coefficient (Wildman–Crippen LogP) is 3.22. The molecule has 0 atom stereocenters. The van der Waals surface area contributed by atoms with Crippen molar-refractivity contribution >= 4 is 11.3 Å². The van der Waals surface area contributed by atoms with Gasteiger partial charge in [0.05, 0.1) is 4.88 Å². The van der Waals surface area contributed by atoms with Crippen molar-refractivity contribution in [3.05, 3.63) is 29.3 Å². The van der Waals surface area contributed by atoms with Crippen LogP contribution in [0.2, 0.25) is 0 Å². The lowest BCUT2D eigenvalue weighted by atomic mass is 10.3. The summed E-state index contributed by atoms with van der Waals surface area (Å²) >= 11 is 1.40. The van der Waals surface area contributed by atoms with E-state index in [4.69, 9.17) is 4.42 Å². The van der Waals surface area contributed by atoms with Crippen molar-refractivity contribution in [2.45, 2.75) is 6.18 Å². The van der Waals surface area contributed by atoms with Gasteiger partial charge in [0.15, 0.2) is 0 Å². The van der Waals surface area contributed by atoms with Crippen molar-refractivity contribution in [1.29, 1.82) is 0 Å². The van der Waals surface area contributed by atoms with E-state index in [0.717, 1.165) is 15.6 Å². The fraction of sp³-hybridized carbons (Fsp3) is 0.182. The monoisotopic (exact) mass is 300 g/mol. The van der Waals surface area contributed by atoms with Crippen molar-refractivity contribution < 1.29 is 17.6 Å². The molecule has 0 spiro atoms. The Balaban J connectivity index is 1.98. The number of nitrogens with zero attached hydrogens (tertiary/aromatic N) is 4. The van der Waals surface area contributed by atoms with Crippen LogP contribution in [0.1, 0.15) is 5.69 Å². The first-order valence-electron chi connectivity index (χ1n) is 5.44. The summed E-state index contributed by atoms with van der Waals surface area (Å²) in [5.74, 6) is 0.216. The minimum atomic E-state index is -4.48. The lowest BCUT2D eigenvalue weighted by Crippen LogP contribution is -2.11. The van der Waals surface area contributed by atoms with Crippen molar-refractivity contribution in [2.24, 2.45) is 7.05 Å². The molecule has 0 unspecified atom stereocenters. The number of hydrogen-bond acceptors (Lipinski definition) is 5. The van der Waals surface area contributed by atoms with Gasteiger partial charge in [0.25, 0.3) is 11.8 Å². The largest absolute Gasteiger partial charge is 0.433 e. The summed E-state index contributed by atoms with van der Waals surface area (Å²) in [6.45, 7) is 0. The molecule has 0 aliphatic heterocycles. The lowest BCUT2D eigenvalue weighted by molar-refractivity contribution is -0.143. The van der Waals surface area contributed by atoms with Crippen LogP contribution in [0, 0.1) is 0 Å². The molecule has 0 saturated carbocycles. The topological polar surface area (TPSA) is 56.7 Å². The number of rotatable bonds is 2. The molecule has 0 bridgehead atoms. The average Bonchev–Trinajstić information content (AvgIpc) is 3.06. The Morgan fingerprint density at radius 2 is 2.00 bits per heavy atom. The highest BCUT2D eigenvalue weighted by Crippen LogP contribution is 2.32. The van der Waals surface area contributed by atoms with E-state index in [1.54, 1.807) is 6.07 Å². The molecule has 0 N–H and O–H groups in total. The number of aromatic nitrogens is 4. The van der Waals surface area contributed by atoms with Gasteiger partial charge in [-0.15, -0.1) is 21.5 Å². The van der Waals surface area contributed by atoms with E-state index in [0.29, 0.717) is 0 Å². The molecule has 0 aromatic carbocycles. The minimum Gasteiger partial charge on any atom is -0.414 e. The second-order valence-electron chi connectivity index (χ2n) is 3.93. The van der Waals surface area contributed by atoms with Crippen molar-refractivity contribution in [3.63, 3.8) is 0 Å². The third kappa shape index (κ3) is 2.20. The Bertz CT molecular complexity index is 729. The van der Waals surface area contributed by atoms with Gasteiger partial charge in [-0.2, -0.15) is 18.3 Å². The van der Waals surface area contributed by atoms with Crippen molar-refractivity contribution in [2.75, 3.05) is 0 Å². The fourth-order valence-corrected chi connectivity index (χ4v) is 2.31. The van der Waals surface area contributed by atoms with E-state index >= 15 is 0 Å². The third-order valence-electron chi connectivity index (χ3n) is 2.55. The molecule has 0 fully saturated rings. The molecule has 0 amide bonds. The molecule has 0 aliphatic rings. The van der Waals surface area contributed by atoms with E-state index < -0.39 is 11.9 Å². The van der Waals surface area contributed by atoms with Gasteiger partial charge in [-0.3, -0.25) is 4.68 Å². The maximum Gasteiger partial charge on any atom is 0.433 e. The maximum atomic E-state index is 12.7. The summed E-state index contributed by atoms with van der Waals surface area (Å²) in [7, 11) is 1.21. The Labute approximate surface area is 114 Å². The second kappa shape index (κ2) is 4.44. The summed E-state index contributed by atoms with van der Waals surface area (Å²) in [5.41, 5.74) is -0.876. The highest BCUT2D eigenvalue weighted by atomic mass is 32.1. The first-order valence-corrected chi connectivity index (χ1v) is 6.32. The number of alkyl halides is 3. The lowest BCUT2D eigenvalue weighted by Gasteiger charge is -2.04. The first kappa shape index (κ1) is 12.9. The third-order valence-corrected chi connectivity index (χ3v) is 3.40. The molecule has 3 aromatic rings. The van der Waals surface area contributed by atoms with Crippen LogP contribution in [0.5, 0.6) is 0 Å². The normalized spacial score (nSPS) is 12.0. The van der Waals surface area contributed by atoms with Crippen LogP contribution in [-0.2, 0) is 13.2 Å². The van der Waals surface area contributed by atoms with E-state index in [-0.39, 0.29) is 17.5 Å². The molecule has 0 radical (unpaired) electrons. The Morgan fingerprint density at radius 1 is 1.25 bits per heavy atom. The van der Waals surface area contributed by atoms with Gasteiger partial charge in [0, 0.05) is 13.1 Å². The zero-order chi connectivity index (χ0) is 14.3. The van der Waals surface area contributed by atoms with Crippen molar-refractivity contribution in [1.82, 2.24) is 20.0 Å². The molecule has 9 heteroatoms. The van der Waals surface area contributed by atoms with Gasteiger partial charge in [0.1, 0.15) is 11.4 Å².